The summed E-state index contributed by atoms with van der Waals surface area (Å²) in [5.74, 6) is 2.15. The molecule has 0 saturated carbocycles. The number of hydrogen-bond acceptors (Lipinski definition) is 8. The molecule has 2 aromatic rings. The van der Waals surface area contributed by atoms with Crippen molar-refractivity contribution in [1.82, 2.24) is 4.72 Å². The molecule has 2 N–H and O–H groups in total. The number of benzene rings is 2. The molecule has 0 bridgehead atoms. The van der Waals surface area contributed by atoms with Crippen molar-refractivity contribution in [2.45, 2.75) is 49.4 Å². The fraction of sp³-hybridized carbons (Fsp3) is 0.429. The van der Waals surface area contributed by atoms with Gasteiger partial charge in [0.25, 0.3) is 5.69 Å². The highest BCUT2D eigenvalue weighted by Crippen LogP contribution is 2.36. The standard InChI is InChI=1S/C21H25N3O6S2/c1-13-9-16(7-8-31-13)23-17-4-6-20(14(2)21(17)24(25)26)32(27,28)22-11-15-3-5-18-19(10-15)30-12-29-18/h3-6,10,13,16,22-23H,7-9,11-12H2,1-2H3. The van der Waals surface area contributed by atoms with Crippen LogP contribution in [0.3, 0.4) is 0 Å². The summed E-state index contributed by atoms with van der Waals surface area (Å²) in [6.07, 6.45) is 1.81. The molecule has 1 saturated heterocycles. The molecule has 11 heteroatoms. The van der Waals surface area contributed by atoms with Crippen molar-refractivity contribution in [3.8, 4) is 11.5 Å². The van der Waals surface area contributed by atoms with Crippen LogP contribution in [0, 0.1) is 17.0 Å². The van der Waals surface area contributed by atoms with Crippen LogP contribution in [0.1, 0.15) is 30.9 Å². The highest BCUT2D eigenvalue weighted by Gasteiger charge is 2.29. The van der Waals surface area contributed by atoms with Crippen molar-refractivity contribution in [3.05, 3.63) is 51.6 Å². The molecular formula is C21H25N3O6S2. The third-order valence-electron chi connectivity index (χ3n) is 5.60. The number of anilines is 1. The summed E-state index contributed by atoms with van der Waals surface area (Å²) >= 11 is 1.89. The Bertz CT molecular complexity index is 1140. The van der Waals surface area contributed by atoms with Crippen molar-refractivity contribution in [2.75, 3.05) is 17.9 Å². The first-order chi connectivity index (χ1) is 15.2. The number of nitro groups is 1. The molecule has 2 aliphatic rings. The zero-order valence-corrected chi connectivity index (χ0v) is 19.4. The van der Waals surface area contributed by atoms with Gasteiger partial charge in [0.2, 0.25) is 16.8 Å². The molecule has 1 fully saturated rings. The van der Waals surface area contributed by atoms with Crippen LogP contribution in [0.4, 0.5) is 11.4 Å². The van der Waals surface area contributed by atoms with Gasteiger partial charge in [-0.25, -0.2) is 13.1 Å². The van der Waals surface area contributed by atoms with Crippen molar-refractivity contribution < 1.29 is 22.8 Å². The number of sulfonamides is 1. The summed E-state index contributed by atoms with van der Waals surface area (Å²) in [5.41, 5.74) is 0.942. The number of nitrogens with zero attached hydrogens (tertiary/aromatic N) is 1. The van der Waals surface area contributed by atoms with Crippen molar-refractivity contribution >= 4 is 33.2 Å². The number of rotatable bonds is 7. The van der Waals surface area contributed by atoms with Gasteiger partial charge in [-0.3, -0.25) is 10.1 Å². The molecule has 2 atom stereocenters. The zero-order chi connectivity index (χ0) is 22.9. The Balaban J connectivity index is 1.55. The quantitative estimate of drug-likeness (QED) is 0.454. The minimum absolute atomic E-state index is 0.0177. The predicted octanol–water partition coefficient (Wildman–Crippen LogP) is 3.81. The first-order valence-corrected chi connectivity index (χ1v) is 12.8. The highest BCUT2D eigenvalue weighted by molar-refractivity contribution is 7.99. The van der Waals surface area contributed by atoms with Crippen LogP contribution >= 0.6 is 11.8 Å². The van der Waals surface area contributed by atoms with E-state index >= 15 is 0 Å². The number of thioether (sulfide) groups is 1. The van der Waals surface area contributed by atoms with E-state index in [1.807, 2.05) is 11.8 Å². The number of nitro benzene ring substituents is 1. The first-order valence-electron chi connectivity index (χ1n) is 10.3. The lowest BCUT2D eigenvalue weighted by Crippen LogP contribution is -2.29. The van der Waals surface area contributed by atoms with Gasteiger partial charge in [0, 0.05) is 23.4 Å². The van der Waals surface area contributed by atoms with E-state index in [9.17, 15) is 18.5 Å². The van der Waals surface area contributed by atoms with Gasteiger partial charge in [-0.05, 0) is 55.3 Å². The summed E-state index contributed by atoms with van der Waals surface area (Å²) in [5, 5.41) is 15.6. The van der Waals surface area contributed by atoms with Gasteiger partial charge in [-0.2, -0.15) is 11.8 Å². The maximum atomic E-state index is 13.0. The van der Waals surface area contributed by atoms with Gasteiger partial charge in [-0.15, -0.1) is 0 Å². The lowest BCUT2D eigenvalue weighted by Gasteiger charge is -2.28. The normalized spacial score (nSPS) is 20.2. The number of fused-ring (bicyclic) bond motifs is 1. The maximum Gasteiger partial charge on any atom is 0.296 e. The highest BCUT2D eigenvalue weighted by atomic mass is 32.2. The summed E-state index contributed by atoms with van der Waals surface area (Å²) in [6, 6.07) is 8.20. The number of nitrogens with one attached hydrogen (secondary N) is 2. The molecule has 0 aliphatic carbocycles. The molecule has 4 rings (SSSR count). The van der Waals surface area contributed by atoms with E-state index in [-0.39, 0.29) is 35.5 Å². The molecule has 9 nitrogen and oxygen atoms in total. The van der Waals surface area contributed by atoms with Crippen LogP contribution < -0.4 is 19.5 Å². The second kappa shape index (κ2) is 9.16. The van der Waals surface area contributed by atoms with Gasteiger partial charge in [0.15, 0.2) is 11.5 Å². The molecule has 0 aromatic heterocycles. The van der Waals surface area contributed by atoms with E-state index in [4.69, 9.17) is 9.47 Å². The largest absolute Gasteiger partial charge is 0.454 e. The lowest BCUT2D eigenvalue weighted by molar-refractivity contribution is -0.384. The Kier molecular flexibility index (Phi) is 6.50. The number of hydrogen-bond donors (Lipinski definition) is 2. The van der Waals surface area contributed by atoms with Gasteiger partial charge < -0.3 is 14.8 Å². The maximum absolute atomic E-state index is 13.0. The van der Waals surface area contributed by atoms with Crippen LogP contribution in [0.15, 0.2) is 35.2 Å². The molecule has 2 aromatic carbocycles. The van der Waals surface area contributed by atoms with E-state index in [1.54, 1.807) is 18.2 Å². The van der Waals surface area contributed by atoms with Crippen LogP contribution in [0.25, 0.3) is 0 Å². The topological polar surface area (TPSA) is 120 Å². The third-order valence-corrected chi connectivity index (χ3v) is 8.38. The second-order valence-electron chi connectivity index (χ2n) is 7.90. The third kappa shape index (κ3) is 4.79. The van der Waals surface area contributed by atoms with Crippen LogP contribution in [-0.2, 0) is 16.6 Å². The Morgan fingerprint density at radius 2 is 2.00 bits per heavy atom. The van der Waals surface area contributed by atoms with E-state index in [0.717, 1.165) is 18.6 Å². The molecule has 2 heterocycles. The Labute approximate surface area is 191 Å². The van der Waals surface area contributed by atoms with Gasteiger partial charge >= 0.3 is 0 Å². The average molecular weight is 480 g/mol. The van der Waals surface area contributed by atoms with Crippen molar-refractivity contribution in [3.63, 3.8) is 0 Å². The average Bonchev–Trinajstić information content (AvgIpc) is 3.20. The Morgan fingerprint density at radius 1 is 1.22 bits per heavy atom. The SMILES string of the molecule is Cc1c(S(=O)(=O)NCc2ccc3c(c2)OCO3)ccc(NC2CCSC(C)C2)c1[N+](=O)[O-]. The van der Waals surface area contributed by atoms with Crippen LogP contribution in [0.2, 0.25) is 0 Å². The molecule has 32 heavy (non-hydrogen) atoms. The molecule has 2 unspecified atom stereocenters. The van der Waals surface area contributed by atoms with Crippen LogP contribution in [-0.4, -0.2) is 37.2 Å². The van der Waals surface area contributed by atoms with E-state index in [0.29, 0.717) is 28.0 Å². The van der Waals surface area contributed by atoms with Gasteiger partial charge in [-0.1, -0.05) is 13.0 Å². The van der Waals surface area contributed by atoms with Crippen molar-refractivity contribution in [1.29, 1.82) is 0 Å². The van der Waals surface area contributed by atoms with Crippen LogP contribution in [0.5, 0.6) is 11.5 Å². The first kappa shape index (κ1) is 22.7. The van der Waals surface area contributed by atoms with Crippen molar-refractivity contribution in [2.24, 2.45) is 0 Å². The minimum atomic E-state index is -3.98. The molecular weight excluding hydrogens is 454 g/mol. The van der Waals surface area contributed by atoms with E-state index in [1.165, 1.54) is 19.1 Å². The molecule has 172 valence electrons. The van der Waals surface area contributed by atoms with E-state index in [2.05, 4.69) is 17.0 Å². The number of ether oxygens (including phenoxy) is 2. The lowest BCUT2D eigenvalue weighted by atomic mass is 10.1. The Morgan fingerprint density at radius 3 is 2.75 bits per heavy atom. The molecule has 0 spiro atoms. The van der Waals surface area contributed by atoms with Gasteiger partial charge in [0.1, 0.15) is 5.69 Å². The predicted molar refractivity (Wildman–Crippen MR) is 123 cm³/mol. The summed E-state index contributed by atoms with van der Waals surface area (Å²) in [7, 11) is -3.98. The fourth-order valence-electron chi connectivity index (χ4n) is 3.98. The Hall–Kier alpha value is -2.50. The summed E-state index contributed by atoms with van der Waals surface area (Å²) in [6.45, 7) is 3.76. The van der Waals surface area contributed by atoms with E-state index < -0.39 is 14.9 Å². The monoisotopic (exact) mass is 479 g/mol. The smallest absolute Gasteiger partial charge is 0.296 e. The molecule has 2 aliphatic heterocycles. The second-order valence-corrected chi connectivity index (χ2v) is 11.2. The zero-order valence-electron chi connectivity index (χ0n) is 17.8. The minimum Gasteiger partial charge on any atom is -0.454 e. The molecule has 0 amide bonds. The molecule has 0 radical (unpaired) electrons. The summed E-state index contributed by atoms with van der Waals surface area (Å²) in [4.78, 5) is 11.2. The van der Waals surface area contributed by atoms with Gasteiger partial charge in [0.05, 0.1) is 9.82 Å². The fourth-order valence-corrected chi connectivity index (χ4v) is 6.43. The summed E-state index contributed by atoms with van der Waals surface area (Å²) < 4.78 is 39.0.